The van der Waals surface area contributed by atoms with Gasteiger partial charge in [-0.3, -0.25) is 0 Å². The number of hydrogen-bond acceptors (Lipinski definition) is 8. The first-order valence-electron chi connectivity index (χ1n) is 8.84. The van der Waals surface area contributed by atoms with Gasteiger partial charge in [-0.25, -0.2) is 18.1 Å². The Morgan fingerprint density at radius 3 is 2.75 bits per heavy atom. The van der Waals surface area contributed by atoms with E-state index >= 15 is 0 Å². The van der Waals surface area contributed by atoms with Crippen LogP contribution in [0.4, 0.5) is 11.6 Å². The molecule has 1 saturated heterocycles. The summed E-state index contributed by atoms with van der Waals surface area (Å²) < 4.78 is 37.2. The molecule has 1 fully saturated rings. The standard InChI is InChI=1S/C18H21N5O4S/c1-20-28(24,25)16-6-4-14(5-7-16)22-18-21-12-13(11-19)17(23-18)27-15-3-2-9-26-10-8-15/h4-7,12,15,20H,2-3,8-10H2,1H3,(H,21,22,23). The minimum absolute atomic E-state index is 0.0663. The van der Waals surface area contributed by atoms with Crippen molar-refractivity contribution in [3.05, 3.63) is 36.0 Å². The molecule has 10 heteroatoms. The van der Waals surface area contributed by atoms with E-state index in [4.69, 9.17) is 9.47 Å². The summed E-state index contributed by atoms with van der Waals surface area (Å²) in [6.07, 6.45) is 3.80. The van der Waals surface area contributed by atoms with Crippen LogP contribution in [0.3, 0.4) is 0 Å². The Morgan fingerprint density at radius 1 is 1.25 bits per heavy atom. The molecule has 2 N–H and O–H groups in total. The number of anilines is 2. The van der Waals surface area contributed by atoms with Crippen molar-refractivity contribution in [2.75, 3.05) is 25.6 Å². The van der Waals surface area contributed by atoms with Crippen LogP contribution in [0.25, 0.3) is 0 Å². The molecule has 0 bridgehead atoms. The van der Waals surface area contributed by atoms with Gasteiger partial charge in [0.05, 0.1) is 17.7 Å². The van der Waals surface area contributed by atoms with Gasteiger partial charge in [-0.2, -0.15) is 10.2 Å². The van der Waals surface area contributed by atoms with Gasteiger partial charge in [0.25, 0.3) is 0 Å². The number of nitrogens with one attached hydrogen (secondary N) is 2. The van der Waals surface area contributed by atoms with E-state index in [-0.39, 0.29) is 28.4 Å². The third-order valence-corrected chi connectivity index (χ3v) is 5.67. The molecule has 1 aromatic heterocycles. The highest BCUT2D eigenvalue weighted by Crippen LogP contribution is 2.23. The lowest BCUT2D eigenvalue weighted by atomic mass is 10.1. The topological polar surface area (TPSA) is 126 Å². The SMILES string of the molecule is CNS(=O)(=O)c1ccc(Nc2ncc(C#N)c(OC3CCCOCC3)n2)cc1. The van der Waals surface area contributed by atoms with E-state index in [0.29, 0.717) is 18.9 Å². The van der Waals surface area contributed by atoms with E-state index in [1.165, 1.54) is 25.4 Å². The molecule has 0 radical (unpaired) electrons. The average Bonchev–Trinajstić information content (AvgIpc) is 2.97. The first-order chi connectivity index (χ1) is 13.5. The van der Waals surface area contributed by atoms with Gasteiger partial charge in [0.15, 0.2) is 0 Å². The van der Waals surface area contributed by atoms with Crippen molar-refractivity contribution in [1.82, 2.24) is 14.7 Å². The van der Waals surface area contributed by atoms with Crippen LogP contribution in [-0.2, 0) is 14.8 Å². The lowest BCUT2D eigenvalue weighted by molar-refractivity contribution is 0.125. The second-order valence-corrected chi connectivity index (χ2v) is 8.05. The Hall–Kier alpha value is -2.74. The van der Waals surface area contributed by atoms with Crippen LogP contribution < -0.4 is 14.8 Å². The van der Waals surface area contributed by atoms with E-state index < -0.39 is 10.0 Å². The van der Waals surface area contributed by atoms with Crippen molar-refractivity contribution in [2.24, 2.45) is 0 Å². The van der Waals surface area contributed by atoms with Gasteiger partial charge in [0, 0.05) is 18.7 Å². The number of nitrogens with zero attached hydrogens (tertiary/aromatic N) is 3. The van der Waals surface area contributed by atoms with E-state index in [0.717, 1.165) is 19.3 Å². The number of aromatic nitrogens is 2. The molecule has 1 unspecified atom stereocenters. The molecule has 148 valence electrons. The van der Waals surface area contributed by atoms with Crippen molar-refractivity contribution < 1.29 is 17.9 Å². The Kier molecular flexibility index (Phi) is 6.41. The van der Waals surface area contributed by atoms with Crippen LogP contribution in [0.1, 0.15) is 24.8 Å². The highest BCUT2D eigenvalue weighted by Gasteiger charge is 2.18. The van der Waals surface area contributed by atoms with Gasteiger partial charge >= 0.3 is 0 Å². The molecule has 28 heavy (non-hydrogen) atoms. The van der Waals surface area contributed by atoms with Crippen LogP contribution in [0.5, 0.6) is 5.88 Å². The third kappa shape index (κ3) is 4.95. The number of ether oxygens (including phenoxy) is 2. The van der Waals surface area contributed by atoms with Crippen LogP contribution in [0.2, 0.25) is 0 Å². The first-order valence-corrected chi connectivity index (χ1v) is 10.3. The predicted octanol–water partition coefficient (Wildman–Crippen LogP) is 1.95. The molecular weight excluding hydrogens is 382 g/mol. The zero-order valence-electron chi connectivity index (χ0n) is 15.4. The summed E-state index contributed by atoms with van der Waals surface area (Å²) in [6.45, 7) is 1.32. The number of sulfonamides is 1. The van der Waals surface area contributed by atoms with Crippen LogP contribution >= 0.6 is 0 Å². The summed E-state index contributed by atoms with van der Waals surface area (Å²) in [7, 11) is -2.14. The molecule has 2 heterocycles. The van der Waals surface area contributed by atoms with Gasteiger partial charge in [0.2, 0.25) is 21.9 Å². The zero-order valence-corrected chi connectivity index (χ0v) is 16.2. The molecule has 0 amide bonds. The summed E-state index contributed by atoms with van der Waals surface area (Å²) >= 11 is 0. The number of hydrogen-bond donors (Lipinski definition) is 2. The number of benzene rings is 1. The highest BCUT2D eigenvalue weighted by atomic mass is 32.2. The Balaban J connectivity index is 1.76. The Morgan fingerprint density at radius 2 is 2.04 bits per heavy atom. The summed E-state index contributed by atoms with van der Waals surface area (Å²) in [4.78, 5) is 8.59. The van der Waals surface area contributed by atoms with Gasteiger partial charge in [-0.15, -0.1) is 0 Å². The van der Waals surface area contributed by atoms with Crippen molar-refractivity contribution in [3.63, 3.8) is 0 Å². The van der Waals surface area contributed by atoms with Gasteiger partial charge in [0.1, 0.15) is 17.7 Å². The lowest BCUT2D eigenvalue weighted by Crippen LogP contribution is -2.18. The zero-order chi connectivity index (χ0) is 20.0. The molecule has 0 saturated carbocycles. The normalized spacial score (nSPS) is 17.4. The van der Waals surface area contributed by atoms with E-state index in [2.05, 4.69) is 20.0 Å². The van der Waals surface area contributed by atoms with Gasteiger partial charge < -0.3 is 14.8 Å². The lowest BCUT2D eigenvalue weighted by Gasteiger charge is -2.16. The molecule has 1 aromatic carbocycles. The average molecular weight is 403 g/mol. The summed E-state index contributed by atoms with van der Waals surface area (Å²) in [5.41, 5.74) is 0.861. The Bertz CT molecular complexity index is 949. The van der Waals surface area contributed by atoms with Crippen molar-refractivity contribution in [1.29, 1.82) is 5.26 Å². The van der Waals surface area contributed by atoms with E-state index in [1.807, 2.05) is 6.07 Å². The van der Waals surface area contributed by atoms with Gasteiger partial charge in [-0.05, 0) is 44.2 Å². The molecule has 0 aliphatic carbocycles. The monoisotopic (exact) mass is 403 g/mol. The fourth-order valence-electron chi connectivity index (χ4n) is 2.71. The predicted molar refractivity (Wildman–Crippen MR) is 102 cm³/mol. The largest absolute Gasteiger partial charge is 0.473 e. The molecule has 1 atom stereocenters. The van der Waals surface area contributed by atoms with E-state index in [9.17, 15) is 13.7 Å². The smallest absolute Gasteiger partial charge is 0.240 e. The summed E-state index contributed by atoms with van der Waals surface area (Å²) in [5, 5.41) is 12.3. The maximum atomic E-state index is 11.8. The number of rotatable bonds is 6. The van der Waals surface area contributed by atoms with E-state index in [1.54, 1.807) is 12.1 Å². The summed E-state index contributed by atoms with van der Waals surface area (Å²) in [6, 6.07) is 8.20. The van der Waals surface area contributed by atoms with Crippen molar-refractivity contribution in [2.45, 2.75) is 30.3 Å². The minimum atomic E-state index is -3.50. The van der Waals surface area contributed by atoms with Crippen molar-refractivity contribution >= 4 is 21.7 Å². The quantitative estimate of drug-likeness (QED) is 0.749. The molecule has 3 rings (SSSR count). The molecule has 0 spiro atoms. The fraction of sp³-hybridized carbons (Fsp3) is 0.389. The van der Waals surface area contributed by atoms with Crippen LogP contribution in [-0.4, -0.2) is 44.8 Å². The maximum Gasteiger partial charge on any atom is 0.240 e. The van der Waals surface area contributed by atoms with Crippen LogP contribution in [0.15, 0.2) is 35.4 Å². The minimum Gasteiger partial charge on any atom is -0.473 e. The fourth-order valence-corrected chi connectivity index (χ4v) is 3.44. The number of nitriles is 1. The maximum absolute atomic E-state index is 11.8. The third-order valence-electron chi connectivity index (χ3n) is 4.24. The molecular formula is C18H21N5O4S. The first kappa shape index (κ1) is 20.0. The molecule has 1 aliphatic heterocycles. The van der Waals surface area contributed by atoms with Crippen molar-refractivity contribution in [3.8, 4) is 11.9 Å². The highest BCUT2D eigenvalue weighted by molar-refractivity contribution is 7.89. The second-order valence-electron chi connectivity index (χ2n) is 6.16. The molecule has 9 nitrogen and oxygen atoms in total. The van der Waals surface area contributed by atoms with Gasteiger partial charge in [-0.1, -0.05) is 0 Å². The Labute approximate surface area is 163 Å². The van der Waals surface area contributed by atoms with Crippen LogP contribution in [0, 0.1) is 11.3 Å². The second kappa shape index (κ2) is 8.97. The molecule has 2 aromatic rings. The molecule has 1 aliphatic rings. The summed E-state index contributed by atoms with van der Waals surface area (Å²) in [5.74, 6) is 0.476.